The van der Waals surface area contributed by atoms with E-state index >= 15 is 0 Å². The van der Waals surface area contributed by atoms with E-state index in [-0.39, 0.29) is 6.09 Å². The van der Waals surface area contributed by atoms with Crippen LogP contribution in [-0.4, -0.2) is 63.9 Å². The van der Waals surface area contributed by atoms with Gasteiger partial charge in [-0.1, -0.05) is 11.6 Å². The van der Waals surface area contributed by atoms with Gasteiger partial charge in [-0.3, -0.25) is 19.9 Å². The summed E-state index contributed by atoms with van der Waals surface area (Å²) in [6, 6.07) is 5.58. The summed E-state index contributed by atoms with van der Waals surface area (Å²) >= 11 is 6.41. The quantitative estimate of drug-likeness (QED) is 0.544. The molecule has 3 heterocycles. The van der Waals surface area contributed by atoms with Gasteiger partial charge in [-0.15, -0.1) is 0 Å². The van der Waals surface area contributed by atoms with Crippen molar-refractivity contribution in [3.8, 4) is 0 Å². The third-order valence-electron chi connectivity index (χ3n) is 4.98. The van der Waals surface area contributed by atoms with Gasteiger partial charge >= 0.3 is 6.09 Å². The first-order chi connectivity index (χ1) is 15.3. The van der Waals surface area contributed by atoms with Gasteiger partial charge in [0.1, 0.15) is 11.3 Å². The summed E-state index contributed by atoms with van der Waals surface area (Å²) in [5.41, 5.74) is 3.42. The first-order valence-electron chi connectivity index (χ1n) is 10.4. The van der Waals surface area contributed by atoms with Crippen molar-refractivity contribution in [1.82, 2.24) is 19.9 Å². The zero-order valence-electron chi connectivity index (χ0n) is 18.3. The van der Waals surface area contributed by atoms with Crippen LogP contribution >= 0.6 is 11.6 Å². The number of halogens is 1. The van der Waals surface area contributed by atoms with Crippen LogP contribution in [0.2, 0.25) is 5.02 Å². The minimum Gasteiger partial charge on any atom is -0.444 e. The molecular weight excluding hydrogens is 428 g/mol. The van der Waals surface area contributed by atoms with Gasteiger partial charge in [-0.2, -0.15) is 0 Å². The molecule has 32 heavy (non-hydrogen) atoms. The van der Waals surface area contributed by atoms with E-state index in [9.17, 15) is 4.79 Å². The molecule has 0 N–H and O–H groups in total. The summed E-state index contributed by atoms with van der Waals surface area (Å²) in [6.07, 6.45) is 8.19. The number of hydrogen-bond acceptors (Lipinski definition) is 7. The molecule has 0 unspecified atom stereocenters. The second-order valence-corrected chi connectivity index (χ2v) is 8.90. The molecule has 1 amide bonds. The number of pyridine rings is 1. The fourth-order valence-corrected chi connectivity index (χ4v) is 3.65. The van der Waals surface area contributed by atoms with Crippen LogP contribution in [0.1, 0.15) is 26.3 Å². The van der Waals surface area contributed by atoms with E-state index in [1.54, 1.807) is 42.0 Å². The number of nitrogens with zero attached hydrogens (tertiary/aromatic N) is 6. The highest BCUT2D eigenvalue weighted by Crippen LogP contribution is 2.29. The van der Waals surface area contributed by atoms with Crippen LogP contribution in [0.3, 0.4) is 0 Å². The van der Waals surface area contributed by atoms with Gasteiger partial charge in [0.15, 0.2) is 0 Å². The molecule has 1 aliphatic heterocycles. The lowest BCUT2D eigenvalue weighted by atomic mass is 10.2. The number of carbonyl (C=O) groups is 1. The Labute approximate surface area is 191 Å². The van der Waals surface area contributed by atoms with Crippen molar-refractivity contribution in [3.05, 3.63) is 53.6 Å². The summed E-state index contributed by atoms with van der Waals surface area (Å²) in [4.78, 5) is 33.8. The molecule has 0 radical (unpaired) electrons. The molecule has 0 spiro atoms. The Morgan fingerprint density at radius 3 is 2.47 bits per heavy atom. The van der Waals surface area contributed by atoms with Gasteiger partial charge in [-0.25, -0.2) is 4.79 Å². The van der Waals surface area contributed by atoms with Gasteiger partial charge in [0, 0.05) is 56.5 Å². The molecule has 9 heteroatoms. The second kappa shape index (κ2) is 9.08. The first-order valence-corrected chi connectivity index (χ1v) is 10.8. The highest BCUT2D eigenvalue weighted by molar-refractivity contribution is 6.33. The Kier molecular flexibility index (Phi) is 6.23. The number of anilines is 1. The molecule has 8 nitrogen and oxygen atoms in total. The number of amides is 1. The lowest BCUT2D eigenvalue weighted by Gasteiger charge is -2.37. The number of ether oxygens (including phenoxy) is 1. The minimum atomic E-state index is -0.503. The Bertz CT molecular complexity index is 1150. The normalized spacial score (nSPS) is 14.9. The van der Waals surface area contributed by atoms with Gasteiger partial charge in [0.25, 0.3) is 0 Å². The fourth-order valence-electron chi connectivity index (χ4n) is 3.44. The molecule has 0 bridgehead atoms. The summed E-state index contributed by atoms with van der Waals surface area (Å²) < 4.78 is 5.48. The standard InChI is InChI=1S/C23H25ClN6O2/c1-23(2,3)32-22(31)30-10-8-29(9-11-30)21-4-5-25-15-20(21)28-14-16-12-18-19(13-17(16)24)27-7-6-26-18/h4-7,12-15H,8-11H2,1-3H3. The number of hydrogen-bond donors (Lipinski definition) is 0. The molecule has 1 aliphatic rings. The maximum atomic E-state index is 12.3. The highest BCUT2D eigenvalue weighted by Gasteiger charge is 2.26. The lowest BCUT2D eigenvalue weighted by Crippen LogP contribution is -2.50. The zero-order chi connectivity index (χ0) is 22.7. The van der Waals surface area contributed by atoms with Crippen LogP contribution in [-0.2, 0) is 4.74 Å². The Morgan fingerprint density at radius 1 is 1.09 bits per heavy atom. The van der Waals surface area contributed by atoms with Crippen LogP contribution in [0.25, 0.3) is 11.0 Å². The second-order valence-electron chi connectivity index (χ2n) is 8.50. The van der Waals surface area contributed by atoms with Gasteiger partial charge < -0.3 is 14.5 Å². The van der Waals surface area contributed by atoms with E-state index in [0.29, 0.717) is 31.2 Å². The van der Waals surface area contributed by atoms with Crippen LogP contribution in [0.15, 0.2) is 48.0 Å². The van der Waals surface area contributed by atoms with Crippen LogP contribution in [0.4, 0.5) is 16.2 Å². The van der Waals surface area contributed by atoms with E-state index in [2.05, 4.69) is 24.8 Å². The lowest BCUT2D eigenvalue weighted by molar-refractivity contribution is 0.0240. The number of benzene rings is 1. The van der Waals surface area contributed by atoms with Crippen molar-refractivity contribution in [1.29, 1.82) is 0 Å². The number of aliphatic imine (C=N–C) groups is 1. The molecular formula is C23H25ClN6O2. The number of aromatic nitrogens is 3. The van der Waals surface area contributed by atoms with E-state index in [1.165, 1.54) is 0 Å². The number of carbonyl (C=O) groups excluding carboxylic acids is 1. The SMILES string of the molecule is CC(C)(C)OC(=O)N1CCN(c2ccncc2N=Cc2cc3nccnc3cc2Cl)CC1. The van der Waals surface area contributed by atoms with E-state index in [0.717, 1.165) is 28.0 Å². The van der Waals surface area contributed by atoms with Crippen LogP contribution in [0.5, 0.6) is 0 Å². The molecule has 1 fully saturated rings. The highest BCUT2D eigenvalue weighted by atomic mass is 35.5. The van der Waals surface area contributed by atoms with Gasteiger partial charge in [0.2, 0.25) is 0 Å². The third kappa shape index (κ3) is 5.13. The maximum Gasteiger partial charge on any atom is 0.410 e. The molecule has 3 aromatic rings. The van der Waals surface area contributed by atoms with Crippen molar-refractivity contribution >= 4 is 46.3 Å². The molecule has 1 saturated heterocycles. The molecule has 4 rings (SSSR count). The molecule has 166 valence electrons. The van der Waals surface area contributed by atoms with Gasteiger partial charge in [0.05, 0.1) is 27.9 Å². The molecule has 1 aromatic carbocycles. The van der Waals surface area contributed by atoms with Crippen molar-refractivity contribution < 1.29 is 9.53 Å². The zero-order valence-corrected chi connectivity index (χ0v) is 19.1. The van der Waals surface area contributed by atoms with Crippen molar-refractivity contribution in [3.63, 3.8) is 0 Å². The van der Waals surface area contributed by atoms with Crippen molar-refractivity contribution in [2.45, 2.75) is 26.4 Å². The van der Waals surface area contributed by atoms with Crippen molar-refractivity contribution in [2.75, 3.05) is 31.1 Å². The summed E-state index contributed by atoms with van der Waals surface area (Å²) in [5, 5.41) is 0.554. The van der Waals surface area contributed by atoms with Crippen LogP contribution in [0, 0.1) is 0 Å². The summed E-state index contributed by atoms with van der Waals surface area (Å²) in [7, 11) is 0. The first kappa shape index (κ1) is 22.0. The van der Waals surface area contributed by atoms with Crippen LogP contribution < -0.4 is 4.90 Å². The number of fused-ring (bicyclic) bond motifs is 1. The molecule has 0 atom stereocenters. The maximum absolute atomic E-state index is 12.3. The average molecular weight is 453 g/mol. The predicted molar refractivity (Wildman–Crippen MR) is 126 cm³/mol. The van der Waals surface area contributed by atoms with E-state index in [1.807, 2.05) is 32.9 Å². The molecule has 2 aromatic heterocycles. The topological polar surface area (TPSA) is 83.8 Å². The Hall–Kier alpha value is -3.26. The van der Waals surface area contributed by atoms with E-state index < -0.39 is 5.60 Å². The van der Waals surface area contributed by atoms with Gasteiger partial charge in [-0.05, 0) is 39.0 Å². The Morgan fingerprint density at radius 2 is 1.78 bits per heavy atom. The monoisotopic (exact) mass is 452 g/mol. The average Bonchev–Trinajstić information content (AvgIpc) is 2.77. The predicted octanol–water partition coefficient (Wildman–Crippen LogP) is 4.49. The molecule has 0 saturated carbocycles. The number of piperazine rings is 1. The largest absolute Gasteiger partial charge is 0.444 e. The smallest absolute Gasteiger partial charge is 0.410 e. The Balaban J connectivity index is 1.50. The van der Waals surface area contributed by atoms with E-state index in [4.69, 9.17) is 16.3 Å². The summed E-state index contributed by atoms with van der Waals surface area (Å²) in [6.45, 7) is 8.13. The third-order valence-corrected chi connectivity index (χ3v) is 5.31. The molecule has 0 aliphatic carbocycles. The van der Waals surface area contributed by atoms with Crippen molar-refractivity contribution in [2.24, 2.45) is 4.99 Å². The summed E-state index contributed by atoms with van der Waals surface area (Å²) in [5.74, 6) is 0. The minimum absolute atomic E-state index is 0.279. The number of rotatable bonds is 3. The fraction of sp³-hybridized carbons (Fsp3) is 0.348.